The smallest absolute Gasteiger partial charge is 0.338 e. The van der Waals surface area contributed by atoms with Crippen LogP contribution in [0.2, 0.25) is 0 Å². The first-order valence-electron chi connectivity index (χ1n) is 9.47. The first kappa shape index (κ1) is 21.3. The summed E-state index contributed by atoms with van der Waals surface area (Å²) in [6.07, 6.45) is -0.377. The van der Waals surface area contributed by atoms with Crippen molar-refractivity contribution in [3.8, 4) is 5.75 Å². The van der Waals surface area contributed by atoms with E-state index in [0.717, 1.165) is 0 Å². The summed E-state index contributed by atoms with van der Waals surface area (Å²) >= 11 is 0. The molecule has 0 saturated carbocycles. The van der Waals surface area contributed by atoms with E-state index in [2.05, 4.69) is 0 Å². The maximum absolute atomic E-state index is 13.0. The highest BCUT2D eigenvalue weighted by molar-refractivity contribution is 7.89. The van der Waals surface area contributed by atoms with Gasteiger partial charge in [-0.1, -0.05) is 24.3 Å². The zero-order valence-corrected chi connectivity index (χ0v) is 17.3. The average Bonchev–Trinajstić information content (AvgIpc) is 2.71. The Labute approximate surface area is 171 Å². The summed E-state index contributed by atoms with van der Waals surface area (Å²) in [6.45, 7) is 4.49. The van der Waals surface area contributed by atoms with Crippen LogP contribution in [0.1, 0.15) is 24.2 Å². The molecule has 2 aromatic rings. The number of hydrogen-bond acceptors (Lipinski definition) is 6. The lowest BCUT2D eigenvalue weighted by atomic mass is 10.2. The molecule has 156 valence electrons. The van der Waals surface area contributed by atoms with Gasteiger partial charge in [-0.15, -0.1) is 0 Å². The Morgan fingerprint density at radius 1 is 1.03 bits per heavy atom. The lowest BCUT2D eigenvalue weighted by Gasteiger charge is -2.34. The highest BCUT2D eigenvalue weighted by atomic mass is 32.2. The number of hydrogen-bond donors (Lipinski definition) is 0. The van der Waals surface area contributed by atoms with Gasteiger partial charge in [-0.3, -0.25) is 0 Å². The van der Waals surface area contributed by atoms with Crippen molar-refractivity contribution < 1.29 is 27.4 Å². The van der Waals surface area contributed by atoms with E-state index in [1.165, 1.54) is 28.6 Å². The van der Waals surface area contributed by atoms with Gasteiger partial charge >= 0.3 is 5.97 Å². The molecule has 3 rings (SSSR count). The van der Waals surface area contributed by atoms with Gasteiger partial charge in [-0.05, 0) is 44.2 Å². The molecule has 0 aromatic heterocycles. The highest BCUT2D eigenvalue weighted by Gasteiger charge is 2.32. The standard InChI is InChI=1S/C21H25NO6S/c1-16-14-22(15-17(2)28-16)29(24,25)20-10-6-7-18(13-20)21(23)27-12-11-26-19-8-4-3-5-9-19/h3-10,13,16-17H,11-12,14-15H2,1-2H3/t16-,17+. The van der Waals surface area contributed by atoms with Crippen molar-refractivity contribution >= 4 is 16.0 Å². The second kappa shape index (κ2) is 9.39. The molecule has 29 heavy (non-hydrogen) atoms. The van der Waals surface area contributed by atoms with Crippen LogP contribution < -0.4 is 4.74 Å². The molecule has 0 unspecified atom stereocenters. The third-order valence-corrected chi connectivity index (χ3v) is 6.25. The Morgan fingerprint density at radius 3 is 2.41 bits per heavy atom. The number of carbonyl (C=O) groups is 1. The van der Waals surface area contributed by atoms with Crippen LogP contribution in [0.3, 0.4) is 0 Å². The monoisotopic (exact) mass is 419 g/mol. The molecular weight excluding hydrogens is 394 g/mol. The van der Waals surface area contributed by atoms with Crippen molar-refractivity contribution in [1.29, 1.82) is 0 Å². The number of nitrogens with zero attached hydrogens (tertiary/aromatic N) is 1. The minimum absolute atomic E-state index is 0.0587. The van der Waals surface area contributed by atoms with Crippen molar-refractivity contribution in [1.82, 2.24) is 4.31 Å². The molecule has 0 bridgehead atoms. The van der Waals surface area contributed by atoms with E-state index in [-0.39, 0.29) is 49.0 Å². The summed E-state index contributed by atoms with van der Waals surface area (Å²) in [6, 6.07) is 15.1. The van der Waals surface area contributed by atoms with Crippen LogP contribution in [0.15, 0.2) is 59.5 Å². The molecule has 1 fully saturated rings. The van der Waals surface area contributed by atoms with Crippen molar-refractivity contribution in [3.05, 3.63) is 60.2 Å². The van der Waals surface area contributed by atoms with Crippen molar-refractivity contribution in [2.24, 2.45) is 0 Å². The largest absolute Gasteiger partial charge is 0.490 e. The lowest BCUT2D eigenvalue weighted by Crippen LogP contribution is -2.48. The normalized spacial score (nSPS) is 20.2. The van der Waals surface area contributed by atoms with Crippen LogP contribution in [0.5, 0.6) is 5.75 Å². The molecule has 0 spiro atoms. The fourth-order valence-corrected chi connectivity index (χ4v) is 4.79. The average molecular weight is 419 g/mol. The van der Waals surface area contributed by atoms with Crippen LogP contribution in [-0.2, 0) is 19.5 Å². The molecule has 0 amide bonds. The minimum Gasteiger partial charge on any atom is -0.490 e. The van der Waals surface area contributed by atoms with Gasteiger partial charge in [-0.2, -0.15) is 4.31 Å². The molecule has 1 heterocycles. The second-order valence-corrected chi connectivity index (χ2v) is 8.84. The zero-order chi connectivity index (χ0) is 20.9. The van der Waals surface area contributed by atoms with Crippen molar-refractivity contribution in [3.63, 3.8) is 0 Å². The third-order valence-electron chi connectivity index (χ3n) is 4.42. The van der Waals surface area contributed by atoms with Crippen LogP contribution in [0.4, 0.5) is 0 Å². The van der Waals surface area contributed by atoms with Gasteiger partial charge in [0.2, 0.25) is 10.0 Å². The Hall–Kier alpha value is -2.42. The first-order valence-corrected chi connectivity index (χ1v) is 10.9. The molecule has 1 saturated heterocycles. The predicted octanol–water partition coefficient (Wildman–Crippen LogP) is 2.72. The zero-order valence-electron chi connectivity index (χ0n) is 16.5. The molecule has 2 aromatic carbocycles. The first-order chi connectivity index (χ1) is 13.9. The van der Waals surface area contributed by atoms with E-state index >= 15 is 0 Å². The number of carbonyl (C=O) groups excluding carboxylic acids is 1. The third kappa shape index (κ3) is 5.56. The summed E-state index contributed by atoms with van der Waals surface area (Å²) in [5, 5.41) is 0. The van der Waals surface area contributed by atoms with Crippen molar-refractivity contribution in [2.45, 2.75) is 31.0 Å². The van der Waals surface area contributed by atoms with Crippen LogP contribution in [-0.4, -0.2) is 57.2 Å². The Balaban J connectivity index is 1.61. The van der Waals surface area contributed by atoms with Gasteiger partial charge < -0.3 is 14.2 Å². The Kier molecular flexibility index (Phi) is 6.89. The topological polar surface area (TPSA) is 82.1 Å². The van der Waals surface area contributed by atoms with E-state index in [0.29, 0.717) is 5.75 Å². The molecule has 1 aliphatic rings. The maximum Gasteiger partial charge on any atom is 0.338 e. The molecule has 0 aliphatic carbocycles. The summed E-state index contributed by atoms with van der Waals surface area (Å²) in [7, 11) is -3.72. The predicted molar refractivity (Wildman–Crippen MR) is 107 cm³/mol. The van der Waals surface area contributed by atoms with Crippen LogP contribution in [0, 0.1) is 0 Å². The van der Waals surface area contributed by atoms with Crippen molar-refractivity contribution in [2.75, 3.05) is 26.3 Å². The SMILES string of the molecule is C[C@@H]1CN(S(=O)(=O)c2cccc(C(=O)OCCOc3ccccc3)c2)C[C@H](C)O1. The van der Waals surface area contributed by atoms with Crippen LogP contribution in [0.25, 0.3) is 0 Å². The summed E-state index contributed by atoms with van der Waals surface area (Å²) in [5.74, 6) is 0.0908. The molecule has 7 nitrogen and oxygen atoms in total. The quantitative estimate of drug-likeness (QED) is 0.507. The van der Waals surface area contributed by atoms with E-state index in [9.17, 15) is 13.2 Å². The number of sulfonamides is 1. The molecule has 0 radical (unpaired) electrons. The van der Waals surface area contributed by atoms with E-state index in [4.69, 9.17) is 14.2 Å². The molecule has 1 aliphatic heterocycles. The van der Waals surface area contributed by atoms with Gasteiger partial charge in [-0.25, -0.2) is 13.2 Å². The second-order valence-electron chi connectivity index (χ2n) is 6.90. The van der Waals surface area contributed by atoms with E-state index in [1.807, 2.05) is 44.2 Å². The Morgan fingerprint density at radius 2 is 1.72 bits per heavy atom. The fraction of sp³-hybridized carbons (Fsp3) is 0.381. The molecule has 2 atom stereocenters. The van der Waals surface area contributed by atoms with E-state index < -0.39 is 16.0 Å². The number of morpholine rings is 1. The fourth-order valence-electron chi connectivity index (χ4n) is 3.15. The summed E-state index contributed by atoms with van der Waals surface area (Å²) in [4.78, 5) is 12.4. The highest BCUT2D eigenvalue weighted by Crippen LogP contribution is 2.22. The Bertz CT molecular complexity index is 921. The summed E-state index contributed by atoms with van der Waals surface area (Å²) < 4.78 is 43.6. The minimum atomic E-state index is -3.72. The van der Waals surface area contributed by atoms with Gasteiger partial charge in [0.15, 0.2) is 0 Å². The number of para-hydroxylation sites is 1. The number of esters is 1. The molecule has 0 N–H and O–H groups in total. The van der Waals surface area contributed by atoms with Gasteiger partial charge in [0.1, 0.15) is 19.0 Å². The maximum atomic E-state index is 13.0. The van der Waals surface area contributed by atoms with Gasteiger partial charge in [0.05, 0.1) is 22.7 Å². The number of benzene rings is 2. The number of ether oxygens (including phenoxy) is 3. The van der Waals surface area contributed by atoms with Gasteiger partial charge in [0.25, 0.3) is 0 Å². The lowest BCUT2D eigenvalue weighted by molar-refractivity contribution is -0.0440. The molecular formula is C21H25NO6S. The molecule has 8 heteroatoms. The van der Waals surface area contributed by atoms with Gasteiger partial charge in [0, 0.05) is 13.1 Å². The summed E-state index contributed by atoms with van der Waals surface area (Å²) in [5.41, 5.74) is 0.181. The van der Waals surface area contributed by atoms with E-state index in [1.54, 1.807) is 0 Å². The number of rotatable bonds is 7. The van der Waals surface area contributed by atoms with Crippen LogP contribution >= 0.6 is 0 Å².